The zero-order valence-corrected chi connectivity index (χ0v) is 12.1. The molecule has 0 amide bonds. The molecule has 18 heavy (non-hydrogen) atoms. The summed E-state index contributed by atoms with van der Waals surface area (Å²) in [6, 6.07) is 10.8. The molecule has 1 aromatic rings. The highest BCUT2D eigenvalue weighted by Crippen LogP contribution is 2.16. The Kier molecular flexibility index (Phi) is 8.29. The first-order valence-electron chi connectivity index (χ1n) is 7.54. The minimum absolute atomic E-state index is 1.13. The van der Waals surface area contributed by atoms with Gasteiger partial charge in [0, 0.05) is 0 Å². The third kappa shape index (κ3) is 6.64. The second kappa shape index (κ2) is 9.94. The first-order chi connectivity index (χ1) is 8.86. The summed E-state index contributed by atoms with van der Waals surface area (Å²) in [6.45, 7) is 4.45. The van der Waals surface area contributed by atoms with Crippen LogP contribution in [0.15, 0.2) is 42.0 Å². The van der Waals surface area contributed by atoms with Gasteiger partial charge in [-0.1, -0.05) is 81.0 Å². The predicted molar refractivity (Wildman–Crippen MR) is 81.9 cm³/mol. The van der Waals surface area contributed by atoms with Gasteiger partial charge >= 0.3 is 0 Å². The molecule has 0 nitrogen and oxygen atoms in total. The summed E-state index contributed by atoms with van der Waals surface area (Å²) in [4.78, 5) is 0. The quantitative estimate of drug-likeness (QED) is 0.373. The maximum Gasteiger partial charge on any atom is -0.00672 e. The molecular weight excluding hydrogens is 216 g/mol. The van der Waals surface area contributed by atoms with E-state index in [4.69, 9.17) is 0 Å². The highest BCUT2D eigenvalue weighted by atomic mass is 14.0. The topological polar surface area (TPSA) is 0 Å². The van der Waals surface area contributed by atoms with Gasteiger partial charge in [0.1, 0.15) is 0 Å². The molecule has 0 aliphatic rings. The number of benzene rings is 1. The van der Waals surface area contributed by atoms with Crippen molar-refractivity contribution in [1.82, 2.24) is 0 Å². The fraction of sp³-hybridized carbons (Fsp3) is 0.556. The van der Waals surface area contributed by atoms with Crippen LogP contribution in [0.2, 0.25) is 0 Å². The molecule has 0 spiro atoms. The van der Waals surface area contributed by atoms with E-state index in [0.717, 1.165) is 6.42 Å². The van der Waals surface area contributed by atoms with Gasteiger partial charge in [-0.3, -0.25) is 0 Å². The van der Waals surface area contributed by atoms with Crippen molar-refractivity contribution < 1.29 is 0 Å². The number of hydrogen-bond donors (Lipinski definition) is 0. The molecule has 0 bridgehead atoms. The lowest BCUT2D eigenvalue weighted by Crippen LogP contribution is -1.91. The predicted octanol–water partition coefficient (Wildman–Crippen LogP) is 5.93. The highest BCUT2D eigenvalue weighted by molar-refractivity contribution is 5.21. The normalized spacial score (nSPS) is 11.8. The van der Waals surface area contributed by atoms with Crippen molar-refractivity contribution in [1.29, 1.82) is 0 Å². The van der Waals surface area contributed by atoms with E-state index in [1.807, 2.05) is 0 Å². The Morgan fingerprint density at radius 2 is 1.61 bits per heavy atom. The summed E-state index contributed by atoms with van der Waals surface area (Å²) in [7, 11) is 0. The van der Waals surface area contributed by atoms with E-state index < -0.39 is 0 Å². The van der Waals surface area contributed by atoms with Crippen molar-refractivity contribution in [2.45, 2.75) is 65.2 Å². The maximum absolute atomic E-state index is 2.30. The molecule has 0 unspecified atom stereocenters. The Morgan fingerprint density at radius 3 is 2.28 bits per heavy atom. The Morgan fingerprint density at radius 1 is 0.944 bits per heavy atom. The maximum atomic E-state index is 2.30. The molecule has 0 aromatic heterocycles. The van der Waals surface area contributed by atoms with Crippen LogP contribution in [0.25, 0.3) is 0 Å². The third-order valence-corrected chi connectivity index (χ3v) is 3.53. The summed E-state index contributed by atoms with van der Waals surface area (Å²) in [5, 5.41) is 0. The Labute approximate surface area is 113 Å². The zero-order chi connectivity index (χ0) is 13.1. The molecule has 100 valence electrons. The Balaban J connectivity index is 2.19. The van der Waals surface area contributed by atoms with Gasteiger partial charge in [-0.05, 0) is 31.7 Å². The lowest BCUT2D eigenvalue weighted by Gasteiger charge is -2.07. The minimum atomic E-state index is 1.13. The second-order valence-electron chi connectivity index (χ2n) is 5.13. The Bertz CT molecular complexity index is 321. The lowest BCUT2D eigenvalue weighted by molar-refractivity contribution is 0.604. The number of allylic oxidation sites excluding steroid dienone is 2. The van der Waals surface area contributed by atoms with Gasteiger partial charge in [-0.15, -0.1) is 0 Å². The van der Waals surface area contributed by atoms with E-state index in [2.05, 4.69) is 50.3 Å². The molecule has 1 rings (SSSR count). The number of rotatable bonds is 9. The molecule has 0 aliphatic heterocycles. The van der Waals surface area contributed by atoms with Crippen molar-refractivity contribution in [2.75, 3.05) is 0 Å². The standard InChI is InChI=1S/C18H28/c1-3-5-6-7-8-10-13-17(4-2)16-18-14-11-9-12-15-18/h4,9,11-12,14-15H,3,5-8,10,13,16H2,1-2H3/b17-4-. The van der Waals surface area contributed by atoms with Crippen LogP contribution in [0.1, 0.15) is 64.4 Å². The van der Waals surface area contributed by atoms with Crippen LogP contribution < -0.4 is 0 Å². The molecule has 1 aromatic carbocycles. The molecular formula is C18H28. The fourth-order valence-electron chi connectivity index (χ4n) is 2.33. The van der Waals surface area contributed by atoms with Crippen molar-refractivity contribution in [3.05, 3.63) is 47.5 Å². The first-order valence-corrected chi connectivity index (χ1v) is 7.54. The van der Waals surface area contributed by atoms with Crippen molar-refractivity contribution in [3.63, 3.8) is 0 Å². The minimum Gasteiger partial charge on any atom is -0.0881 e. The van der Waals surface area contributed by atoms with E-state index >= 15 is 0 Å². The third-order valence-electron chi connectivity index (χ3n) is 3.53. The molecule has 0 heterocycles. The van der Waals surface area contributed by atoms with Crippen LogP contribution in [0.3, 0.4) is 0 Å². The molecule has 0 N–H and O–H groups in total. The van der Waals surface area contributed by atoms with Gasteiger partial charge in [0.15, 0.2) is 0 Å². The van der Waals surface area contributed by atoms with E-state index in [1.165, 1.54) is 50.5 Å². The van der Waals surface area contributed by atoms with Gasteiger partial charge in [0.2, 0.25) is 0 Å². The molecule has 0 saturated heterocycles. The second-order valence-corrected chi connectivity index (χ2v) is 5.13. The molecule has 0 aliphatic carbocycles. The van der Waals surface area contributed by atoms with Crippen molar-refractivity contribution in [2.24, 2.45) is 0 Å². The largest absolute Gasteiger partial charge is 0.0881 e. The molecule has 0 atom stereocenters. The molecule has 0 radical (unpaired) electrons. The van der Waals surface area contributed by atoms with Gasteiger partial charge < -0.3 is 0 Å². The van der Waals surface area contributed by atoms with Gasteiger partial charge in [-0.25, -0.2) is 0 Å². The highest BCUT2D eigenvalue weighted by Gasteiger charge is 1.99. The van der Waals surface area contributed by atoms with Crippen LogP contribution in [0, 0.1) is 0 Å². The van der Waals surface area contributed by atoms with E-state index in [-0.39, 0.29) is 0 Å². The lowest BCUT2D eigenvalue weighted by atomic mass is 9.99. The summed E-state index contributed by atoms with van der Waals surface area (Å²) in [5.41, 5.74) is 3.04. The number of unbranched alkanes of at least 4 members (excludes halogenated alkanes) is 5. The SMILES string of the molecule is C/C=C(/CCCCCCCC)Cc1ccccc1. The van der Waals surface area contributed by atoms with Crippen molar-refractivity contribution in [3.8, 4) is 0 Å². The van der Waals surface area contributed by atoms with E-state index in [1.54, 1.807) is 5.57 Å². The van der Waals surface area contributed by atoms with Crippen LogP contribution >= 0.6 is 0 Å². The summed E-state index contributed by atoms with van der Waals surface area (Å²) in [6.07, 6.45) is 13.0. The van der Waals surface area contributed by atoms with E-state index in [9.17, 15) is 0 Å². The molecule has 0 fully saturated rings. The number of hydrogen-bond acceptors (Lipinski definition) is 0. The van der Waals surface area contributed by atoms with Crippen LogP contribution in [-0.2, 0) is 6.42 Å². The monoisotopic (exact) mass is 244 g/mol. The van der Waals surface area contributed by atoms with Gasteiger partial charge in [0.05, 0.1) is 0 Å². The molecule has 0 heteroatoms. The van der Waals surface area contributed by atoms with Crippen LogP contribution in [-0.4, -0.2) is 0 Å². The smallest absolute Gasteiger partial charge is 0.00672 e. The summed E-state index contributed by atoms with van der Waals surface area (Å²) >= 11 is 0. The van der Waals surface area contributed by atoms with Crippen LogP contribution in [0.5, 0.6) is 0 Å². The average Bonchev–Trinajstić information content (AvgIpc) is 2.42. The fourth-order valence-corrected chi connectivity index (χ4v) is 2.33. The van der Waals surface area contributed by atoms with Crippen LogP contribution in [0.4, 0.5) is 0 Å². The average molecular weight is 244 g/mol. The van der Waals surface area contributed by atoms with Crippen molar-refractivity contribution >= 4 is 0 Å². The summed E-state index contributed by atoms with van der Waals surface area (Å²) in [5.74, 6) is 0. The van der Waals surface area contributed by atoms with Gasteiger partial charge in [-0.2, -0.15) is 0 Å². The first kappa shape index (κ1) is 15.0. The summed E-state index contributed by atoms with van der Waals surface area (Å²) < 4.78 is 0. The Hall–Kier alpha value is -1.04. The molecule has 0 saturated carbocycles. The van der Waals surface area contributed by atoms with E-state index in [0.29, 0.717) is 0 Å². The van der Waals surface area contributed by atoms with Gasteiger partial charge in [0.25, 0.3) is 0 Å². The zero-order valence-electron chi connectivity index (χ0n) is 12.1.